The summed E-state index contributed by atoms with van der Waals surface area (Å²) in [6, 6.07) is 14.9. The van der Waals surface area contributed by atoms with Gasteiger partial charge >= 0.3 is 0 Å². The Bertz CT molecular complexity index is 926. The fourth-order valence-electron chi connectivity index (χ4n) is 2.53. The fraction of sp³-hybridized carbons (Fsp3) is 0.286. The highest BCUT2D eigenvalue weighted by Crippen LogP contribution is 2.24. The monoisotopic (exact) mass is 413 g/mol. The van der Waals surface area contributed by atoms with E-state index in [1.165, 1.54) is 11.8 Å². The Hall–Kier alpha value is -3.00. The van der Waals surface area contributed by atoms with Crippen molar-refractivity contribution in [1.82, 2.24) is 10.2 Å². The molecule has 0 fully saturated rings. The number of aromatic nitrogens is 2. The molecule has 0 radical (unpaired) electrons. The van der Waals surface area contributed by atoms with Crippen molar-refractivity contribution in [2.75, 3.05) is 19.0 Å². The first-order valence-electron chi connectivity index (χ1n) is 9.23. The van der Waals surface area contributed by atoms with E-state index in [0.29, 0.717) is 29.8 Å². The molecule has 3 aromatic rings. The van der Waals surface area contributed by atoms with Gasteiger partial charge in [0, 0.05) is 5.69 Å². The van der Waals surface area contributed by atoms with Gasteiger partial charge in [0.15, 0.2) is 0 Å². The fourth-order valence-corrected chi connectivity index (χ4v) is 3.23. The van der Waals surface area contributed by atoms with Crippen molar-refractivity contribution in [3.8, 4) is 11.5 Å². The van der Waals surface area contributed by atoms with Gasteiger partial charge in [0.25, 0.3) is 5.22 Å². The average molecular weight is 413 g/mol. The molecule has 1 amide bonds. The Labute approximate surface area is 173 Å². The summed E-state index contributed by atoms with van der Waals surface area (Å²) in [4.78, 5) is 12.4. The van der Waals surface area contributed by atoms with Crippen LogP contribution in [-0.4, -0.2) is 35.1 Å². The predicted octanol–water partition coefficient (Wildman–Crippen LogP) is 4.19. The Kier molecular flexibility index (Phi) is 7.13. The summed E-state index contributed by atoms with van der Waals surface area (Å²) in [5.74, 6) is 1.91. The van der Waals surface area contributed by atoms with E-state index in [2.05, 4.69) is 15.5 Å². The van der Waals surface area contributed by atoms with E-state index in [4.69, 9.17) is 13.9 Å². The van der Waals surface area contributed by atoms with E-state index in [1.54, 1.807) is 26.2 Å². The van der Waals surface area contributed by atoms with Crippen LogP contribution >= 0.6 is 11.8 Å². The lowest BCUT2D eigenvalue weighted by Gasteiger charge is -2.10. The molecule has 0 aliphatic carbocycles. The third-order valence-electron chi connectivity index (χ3n) is 4.04. The van der Waals surface area contributed by atoms with Crippen molar-refractivity contribution in [3.05, 3.63) is 60.0 Å². The zero-order chi connectivity index (χ0) is 20.6. The summed E-state index contributed by atoms with van der Waals surface area (Å²) >= 11 is 1.22. The largest absolute Gasteiger partial charge is 0.497 e. The van der Waals surface area contributed by atoms with E-state index >= 15 is 0 Å². The molecule has 152 valence electrons. The lowest BCUT2D eigenvalue weighted by Crippen LogP contribution is -2.22. The van der Waals surface area contributed by atoms with Crippen LogP contribution < -0.4 is 14.8 Å². The minimum atomic E-state index is -0.393. The minimum Gasteiger partial charge on any atom is -0.497 e. The van der Waals surface area contributed by atoms with E-state index in [0.717, 1.165) is 17.1 Å². The van der Waals surface area contributed by atoms with Crippen LogP contribution in [0.4, 0.5) is 5.69 Å². The number of carbonyl (C=O) groups is 1. The van der Waals surface area contributed by atoms with Crippen molar-refractivity contribution in [2.24, 2.45) is 0 Å². The smallest absolute Gasteiger partial charge is 0.277 e. The number of nitrogens with zero attached hydrogens (tertiary/aromatic N) is 2. The molecule has 1 atom stereocenters. The van der Waals surface area contributed by atoms with Crippen LogP contribution in [0.1, 0.15) is 25.3 Å². The summed E-state index contributed by atoms with van der Waals surface area (Å²) < 4.78 is 16.2. The second-order valence-corrected chi connectivity index (χ2v) is 7.49. The topological polar surface area (TPSA) is 86.5 Å². The van der Waals surface area contributed by atoms with E-state index < -0.39 is 5.25 Å². The zero-order valence-electron chi connectivity index (χ0n) is 16.5. The Balaban J connectivity index is 1.53. The van der Waals surface area contributed by atoms with Crippen LogP contribution in [0.5, 0.6) is 11.5 Å². The maximum absolute atomic E-state index is 12.4. The van der Waals surface area contributed by atoms with Gasteiger partial charge in [0.05, 0.1) is 25.4 Å². The van der Waals surface area contributed by atoms with Crippen molar-refractivity contribution in [3.63, 3.8) is 0 Å². The van der Waals surface area contributed by atoms with Gasteiger partial charge in [-0.1, -0.05) is 23.9 Å². The number of hydrogen-bond acceptors (Lipinski definition) is 7. The first-order chi connectivity index (χ1) is 14.1. The molecule has 0 saturated carbocycles. The number of amides is 1. The average Bonchev–Trinajstić information content (AvgIpc) is 3.17. The van der Waals surface area contributed by atoms with Crippen LogP contribution in [-0.2, 0) is 11.2 Å². The van der Waals surface area contributed by atoms with Gasteiger partial charge in [-0.15, -0.1) is 10.2 Å². The number of ether oxygens (including phenoxy) is 2. The van der Waals surface area contributed by atoms with Crippen LogP contribution in [0.2, 0.25) is 0 Å². The SMILES string of the molecule is CCOc1ccc(NC(=O)[C@H](C)Sc2nnc(Cc3ccc(OC)cc3)o2)cc1. The number of benzene rings is 2. The standard InChI is InChI=1S/C21H23N3O4S/c1-4-27-18-11-7-16(8-12-18)22-20(25)14(2)29-21-24-23-19(28-21)13-15-5-9-17(26-3)10-6-15/h5-12,14H,4,13H2,1-3H3,(H,22,25)/t14-/m0/s1. The second-order valence-electron chi connectivity index (χ2n) is 6.19. The normalized spacial score (nSPS) is 11.7. The summed E-state index contributed by atoms with van der Waals surface area (Å²) in [5, 5.41) is 10.9. The van der Waals surface area contributed by atoms with Crippen LogP contribution in [0, 0.1) is 0 Å². The zero-order valence-corrected chi connectivity index (χ0v) is 17.4. The van der Waals surface area contributed by atoms with Gasteiger partial charge in [0.1, 0.15) is 11.5 Å². The lowest BCUT2D eigenvalue weighted by molar-refractivity contribution is -0.115. The third-order valence-corrected chi connectivity index (χ3v) is 4.98. The molecule has 1 heterocycles. The van der Waals surface area contributed by atoms with Crippen molar-refractivity contribution < 1.29 is 18.7 Å². The third kappa shape index (κ3) is 5.99. The highest BCUT2D eigenvalue weighted by atomic mass is 32.2. The number of anilines is 1. The molecule has 0 aliphatic heterocycles. The van der Waals surface area contributed by atoms with Gasteiger partial charge in [0.2, 0.25) is 11.8 Å². The summed E-state index contributed by atoms with van der Waals surface area (Å²) in [6.45, 7) is 4.32. The summed E-state index contributed by atoms with van der Waals surface area (Å²) in [6.07, 6.45) is 0.518. The van der Waals surface area contributed by atoms with Crippen LogP contribution in [0.3, 0.4) is 0 Å². The molecular weight excluding hydrogens is 390 g/mol. The van der Waals surface area contributed by atoms with Gasteiger partial charge in [-0.05, 0) is 55.8 Å². The molecule has 0 aliphatic rings. The van der Waals surface area contributed by atoms with Gasteiger partial charge < -0.3 is 19.2 Å². The van der Waals surface area contributed by atoms with Crippen LogP contribution in [0.25, 0.3) is 0 Å². The van der Waals surface area contributed by atoms with Crippen LogP contribution in [0.15, 0.2) is 58.2 Å². The second kappa shape index (κ2) is 9.97. The molecule has 1 N–H and O–H groups in total. The van der Waals surface area contributed by atoms with E-state index in [9.17, 15) is 4.79 Å². The highest BCUT2D eigenvalue weighted by Gasteiger charge is 2.18. The van der Waals surface area contributed by atoms with Crippen molar-refractivity contribution in [1.29, 1.82) is 0 Å². The molecule has 29 heavy (non-hydrogen) atoms. The Morgan fingerprint density at radius 1 is 1.10 bits per heavy atom. The molecule has 0 bridgehead atoms. The van der Waals surface area contributed by atoms with E-state index in [-0.39, 0.29) is 5.91 Å². The maximum Gasteiger partial charge on any atom is 0.277 e. The van der Waals surface area contributed by atoms with Gasteiger partial charge in [-0.2, -0.15) is 0 Å². The first-order valence-corrected chi connectivity index (χ1v) is 10.1. The molecule has 2 aromatic carbocycles. The molecule has 8 heteroatoms. The lowest BCUT2D eigenvalue weighted by atomic mass is 10.1. The maximum atomic E-state index is 12.4. The summed E-state index contributed by atoms with van der Waals surface area (Å²) in [5.41, 5.74) is 1.74. The molecule has 0 unspecified atom stereocenters. The number of rotatable bonds is 9. The predicted molar refractivity (Wildman–Crippen MR) is 112 cm³/mol. The first kappa shape index (κ1) is 20.7. The number of nitrogens with one attached hydrogen (secondary N) is 1. The van der Waals surface area contributed by atoms with Crippen molar-refractivity contribution in [2.45, 2.75) is 30.7 Å². The molecule has 0 saturated heterocycles. The Morgan fingerprint density at radius 2 is 1.79 bits per heavy atom. The van der Waals surface area contributed by atoms with Gasteiger partial charge in [-0.3, -0.25) is 4.79 Å². The number of methoxy groups -OCH3 is 1. The molecule has 3 rings (SSSR count). The number of hydrogen-bond donors (Lipinski definition) is 1. The number of thioether (sulfide) groups is 1. The molecular formula is C21H23N3O4S. The highest BCUT2D eigenvalue weighted by molar-refractivity contribution is 8.00. The molecule has 0 spiro atoms. The molecule has 1 aromatic heterocycles. The molecule has 7 nitrogen and oxygen atoms in total. The quantitative estimate of drug-likeness (QED) is 0.526. The minimum absolute atomic E-state index is 0.144. The Morgan fingerprint density at radius 3 is 2.45 bits per heavy atom. The van der Waals surface area contributed by atoms with Gasteiger partial charge in [-0.25, -0.2) is 0 Å². The van der Waals surface area contributed by atoms with E-state index in [1.807, 2.05) is 43.3 Å². The van der Waals surface area contributed by atoms with Crippen molar-refractivity contribution >= 4 is 23.4 Å². The number of carbonyl (C=O) groups excluding carboxylic acids is 1. The summed E-state index contributed by atoms with van der Waals surface area (Å²) in [7, 11) is 1.63.